The van der Waals surface area contributed by atoms with Crippen molar-refractivity contribution >= 4 is 5.91 Å². The Balaban J connectivity index is 2.37. The second kappa shape index (κ2) is 5.85. The van der Waals surface area contributed by atoms with Gasteiger partial charge in [0.15, 0.2) is 0 Å². The fourth-order valence-electron chi connectivity index (χ4n) is 2.43. The van der Waals surface area contributed by atoms with E-state index < -0.39 is 6.04 Å². The molecule has 3 N–H and O–H groups in total. The molecule has 1 aliphatic carbocycles. The summed E-state index contributed by atoms with van der Waals surface area (Å²) < 4.78 is 0. The summed E-state index contributed by atoms with van der Waals surface area (Å²) in [5, 5.41) is 3.03. The van der Waals surface area contributed by atoms with E-state index in [2.05, 4.69) is 12.2 Å². The average molecular weight is 240 g/mol. The number of nitrogens with two attached hydrogens (primary N) is 1. The fourth-order valence-corrected chi connectivity index (χ4v) is 2.43. The van der Waals surface area contributed by atoms with Crippen LogP contribution in [0.4, 0.5) is 0 Å². The molecular formula is C14H28N2O. The largest absolute Gasteiger partial charge is 0.354 e. The molecule has 0 spiro atoms. The second-order valence-electron chi connectivity index (χ2n) is 6.61. The molecule has 17 heavy (non-hydrogen) atoms. The Hall–Kier alpha value is -0.570. The van der Waals surface area contributed by atoms with Crippen LogP contribution in [0.2, 0.25) is 0 Å². The first-order valence-electron chi connectivity index (χ1n) is 6.85. The summed E-state index contributed by atoms with van der Waals surface area (Å²) in [4.78, 5) is 11.9. The molecule has 0 aromatic carbocycles. The van der Waals surface area contributed by atoms with Crippen molar-refractivity contribution in [2.24, 2.45) is 23.0 Å². The quantitative estimate of drug-likeness (QED) is 0.795. The van der Waals surface area contributed by atoms with Crippen molar-refractivity contribution in [2.75, 3.05) is 6.54 Å². The van der Waals surface area contributed by atoms with Crippen LogP contribution >= 0.6 is 0 Å². The van der Waals surface area contributed by atoms with Crippen molar-refractivity contribution in [3.63, 3.8) is 0 Å². The van der Waals surface area contributed by atoms with Gasteiger partial charge in [-0.2, -0.15) is 0 Å². The van der Waals surface area contributed by atoms with Gasteiger partial charge in [-0.3, -0.25) is 4.79 Å². The van der Waals surface area contributed by atoms with Crippen molar-refractivity contribution in [1.82, 2.24) is 5.32 Å². The minimum atomic E-state index is -0.415. The van der Waals surface area contributed by atoms with Gasteiger partial charge in [-0.1, -0.05) is 47.0 Å². The van der Waals surface area contributed by atoms with Gasteiger partial charge in [0.1, 0.15) is 0 Å². The number of carbonyl (C=O) groups excluding carboxylic acids is 1. The van der Waals surface area contributed by atoms with Crippen molar-refractivity contribution < 1.29 is 4.79 Å². The van der Waals surface area contributed by atoms with E-state index >= 15 is 0 Å². The second-order valence-corrected chi connectivity index (χ2v) is 6.61. The summed E-state index contributed by atoms with van der Waals surface area (Å²) in [5.74, 6) is 1.37. The summed E-state index contributed by atoms with van der Waals surface area (Å²) in [6, 6.07) is -0.415. The molecule has 0 bridgehead atoms. The highest BCUT2D eigenvalue weighted by Gasteiger charge is 2.28. The third-order valence-corrected chi connectivity index (χ3v) is 4.04. The van der Waals surface area contributed by atoms with Gasteiger partial charge in [0.05, 0.1) is 6.04 Å². The molecule has 1 rings (SSSR count). The van der Waals surface area contributed by atoms with Gasteiger partial charge >= 0.3 is 0 Å². The lowest BCUT2D eigenvalue weighted by Crippen LogP contribution is -2.50. The van der Waals surface area contributed by atoms with Crippen LogP contribution in [0.15, 0.2) is 0 Å². The molecule has 1 amide bonds. The minimum Gasteiger partial charge on any atom is -0.354 e. The van der Waals surface area contributed by atoms with Crippen molar-refractivity contribution in [3.05, 3.63) is 0 Å². The van der Waals surface area contributed by atoms with Crippen LogP contribution in [0.3, 0.4) is 0 Å². The maximum atomic E-state index is 11.9. The highest BCUT2D eigenvalue weighted by atomic mass is 16.2. The summed E-state index contributed by atoms with van der Waals surface area (Å²) in [6.45, 7) is 9.09. The lowest BCUT2D eigenvalue weighted by atomic mass is 9.80. The van der Waals surface area contributed by atoms with E-state index in [0.29, 0.717) is 5.92 Å². The zero-order valence-corrected chi connectivity index (χ0v) is 11.8. The van der Waals surface area contributed by atoms with Crippen molar-refractivity contribution in [2.45, 2.75) is 59.4 Å². The van der Waals surface area contributed by atoms with Gasteiger partial charge in [-0.25, -0.2) is 0 Å². The molecule has 3 heteroatoms. The van der Waals surface area contributed by atoms with Crippen molar-refractivity contribution in [3.8, 4) is 0 Å². The Morgan fingerprint density at radius 2 is 1.94 bits per heavy atom. The third kappa shape index (κ3) is 4.30. The first kappa shape index (κ1) is 14.5. The van der Waals surface area contributed by atoms with E-state index in [1.807, 2.05) is 20.8 Å². The van der Waals surface area contributed by atoms with E-state index in [9.17, 15) is 4.79 Å². The first-order chi connectivity index (χ1) is 7.82. The Kier molecular flexibility index (Phi) is 4.99. The predicted octanol–water partition coefficient (Wildman–Crippen LogP) is 2.30. The van der Waals surface area contributed by atoms with Crippen LogP contribution in [0.5, 0.6) is 0 Å². The molecule has 0 aromatic rings. The average Bonchev–Trinajstić information content (AvgIpc) is 2.25. The Morgan fingerprint density at radius 1 is 1.35 bits per heavy atom. The van der Waals surface area contributed by atoms with Crippen LogP contribution in [-0.2, 0) is 4.79 Å². The highest BCUT2D eigenvalue weighted by molar-refractivity contribution is 5.82. The predicted molar refractivity (Wildman–Crippen MR) is 71.6 cm³/mol. The maximum absolute atomic E-state index is 11.9. The van der Waals surface area contributed by atoms with Crippen LogP contribution in [0.25, 0.3) is 0 Å². The normalized spacial score (nSPS) is 27.6. The van der Waals surface area contributed by atoms with E-state index in [0.717, 1.165) is 12.5 Å². The van der Waals surface area contributed by atoms with Crippen LogP contribution in [0, 0.1) is 17.3 Å². The van der Waals surface area contributed by atoms with Gasteiger partial charge in [-0.15, -0.1) is 0 Å². The fraction of sp³-hybridized carbons (Fsp3) is 0.929. The molecule has 0 aliphatic heterocycles. The minimum absolute atomic E-state index is 0.00438. The third-order valence-electron chi connectivity index (χ3n) is 4.04. The Morgan fingerprint density at radius 3 is 2.47 bits per heavy atom. The Labute approximate surface area is 106 Å². The lowest BCUT2D eigenvalue weighted by Gasteiger charge is -2.31. The standard InChI is InChI=1S/C14H28N2O/c1-10-7-5-6-8-11(10)9-16-13(17)12(15)14(2,3)4/h10-12H,5-9,15H2,1-4H3,(H,16,17)/t10?,11?,12-/m1/s1. The molecule has 1 saturated carbocycles. The summed E-state index contributed by atoms with van der Waals surface area (Å²) in [7, 11) is 0. The van der Waals surface area contributed by atoms with E-state index in [-0.39, 0.29) is 11.3 Å². The maximum Gasteiger partial charge on any atom is 0.237 e. The van der Waals surface area contributed by atoms with Gasteiger partial charge in [0.25, 0.3) is 0 Å². The van der Waals surface area contributed by atoms with Crippen LogP contribution in [0.1, 0.15) is 53.4 Å². The molecule has 3 nitrogen and oxygen atoms in total. The molecule has 3 atom stereocenters. The van der Waals surface area contributed by atoms with Gasteiger partial charge in [0, 0.05) is 6.54 Å². The smallest absolute Gasteiger partial charge is 0.237 e. The highest BCUT2D eigenvalue weighted by Crippen LogP contribution is 2.29. The lowest BCUT2D eigenvalue weighted by molar-refractivity contribution is -0.124. The zero-order valence-electron chi connectivity index (χ0n) is 11.8. The van der Waals surface area contributed by atoms with Gasteiger partial charge in [0.2, 0.25) is 5.91 Å². The molecule has 1 aliphatic rings. The van der Waals surface area contributed by atoms with Crippen LogP contribution < -0.4 is 11.1 Å². The molecule has 1 fully saturated rings. The summed E-state index contributed by atoms with van der Waals surface area (Å²) in [5.41, 5.74) is 5.77. The molecular weight excluding hydrogens is 212 g/mol. The molecule has 0 saturated heterocycles. The number of nitrogens with one attached hydrogen (secondary N) is 1. The van der Waals surface area contributed by atoms with Gasteiger partial charge in [-0.05, 0) is 23.7 Å². The van der Waals surface area contributed by atoms with E-state index in [1.54, 1.807) is 0 Å². The molecule has 0 radical (unpaired) electrons. The molecule has 0 aromatic heterocycles. The monoisotopic (exact) mass is 240 g/mol. The molecule has 2 unspecified atom stereocenters. The SMILES string of the molecule is CC1CCCCC1CNC(=O)[C@@H](N)C(C)(C)C. The molecule has 0 heterocycles. The summed E-state index contributed by atoms with van der Waals surface area (Å²) in [6.07, 6.45) is 5.18. The number of hydrogen-bond acceptors (Lipinski definition) is 2. The zero-order chi connectivity index (χ0) is 13.1. The number of carbonyl (C=O) groups is 1. The van der Waals surface area contributed by atoms with Crippen LogP contribution in [-0.4, -0.2) is 18.5 Å². The number of amides is 1. The first-order valence-corrected chi connectivity index (χ1v) is 6.85. The molecule has 100 valence electrons. The van der Waals surface area contributed by atoms with E-state index in [1.165, 1.54) is 25.7 Å². The topological polar surface area (TPSA) is 55.1 Å². The number of hydrogen-bond donors (Lipinski definition) is 2. The van der Waals surface area contributed by atoms with E-state index in [4.69, 9.17) is 5.73 Å². The number of rotatable bonds is 3. The summed E-state index contributed by atoms with van der Waals surface area (Å²) >= 11 is 0. The Bertz CT molecular complexity index is 257. The van der Waals surface area contributed by atoms with Crippen molar-refractivity contribution in [1.29, 1.82) is 0 Å². The van der Waals surface area contributed by atoms with Gasteiger partial charge < -0.3 is 11.1 Å².